The van der Waals surface area contributed by atoms with Crippen LogP contribution in [0.2, 0.25) is 0 Å². The lowest BCUT2D eigenvalue weighted by atomic mass is 9.88. The first-order valence-corrected chi connectivity index (χ1v) is 8.33. The molecule has 2 aliphatic rings. The van der Waals surface area contributed by atoms with Gasteiger partial charge in [0.2, 0.25) is 0 Å². The zero-order valence-corrected chi connectivity index (χ0v) is 12.9. The summed E-state index contributed by atoms with van der Waals surface area (Å²) in [6.07, 6.45) is 14.2. The molecule has 0 radical (unpaired) electrons. The monoisotopic (exact) mass is 279 g/mol. The van der Waals surface area contributed by atoms with Crippen molar-refractivity contribution in [1.82, 2.24) is 4.90 Å². The Morgan fingerprint density at radius 1 is 1.05 bits per heavy atom. The molecule has 2 fully saturated rings. The maximum absolute atomic E-state index is 11.5. The van der Waals surface area contributed by atoms with Crippen LogP contribution in [0.5, 0.6) is 0 Å². The van der Waals surface area contributed by atoms with Gasteiger partial charge < -0.3 is 4.74 Å². The normalized spacial score (nSPS) is 23.5. The first-order chi connectivity index (χ1) is 9.72. The van der Waals surface area contributed by atoms with Crippen molar-refractivity contribution < 1.29 is 9.53 Å². The van der Waals surface area contributed by atoms with E-state index in [0.717, 1.165) is 0 Å². The van der Waals surface area contributed by atoms with Crippen molar-refractivity contribution in [2.24, 2.45) is 0 Å². The second-order valence-corrected chi connectivity index (χ2v) is 6.27. The van der Waals surface area contributed by atoms with Gasteiger partial charge in [0.25, 0.3) is 0 Å². The largest absolute Gasteiger partial charge is 0.443 e. The summed E-state index contributed by atoms with van der Waals surface area (Å²) >= 11 is 0. The van der Waals surface area contributed by atoms with Gasteiger partial charge in [-0.1, -0.05) is 45.1 Å². The van der Waals surface area contributed by atoms with Crippen LogP contribution in [0.25, 0.3) is 0 Å². The molecule has 0 N–H and O–H groups in total. The van der Waals surface area contributed by atoms with E-state index < -0.39 is 0 Å². The average molecular weight is 279 g/mol. The van der Waals surface area contributed by atoms with Crippen LogP contribution in [-0.4, -0.2) is 29.2 Å². The van der Waals surface area contributed by atoms with E-state index in [9.17, 15) is 4.79 Å². The minimum absolute atomic E-state index is 0.119. The summed E-state index contributed by atoms with van der Waals surface area (Å²) in [7, 11) is 0. The Kier molecular flexibility index (Phi) is 6.08. The van der Waals surface area contributed by atoms with E-state index in [1.807, 2.05) is 6.92 Å². The van der Waals surface area contributed by atoms with E-state index >= 15 is 0 Å². The van der Waals surface area contributed by atoms with E-state index in [0.29, 0.717) is 12.1 Å². The van der Waals surface area contributed by atoms with Crippen molar-refractivity contribution in [1.29, 1.82) is 0 Å². The van der Waals surface area contributed by atoms with E-state index in [2.05, 4.69) is 11.5 Å². The molecule has 3 nitrogen and oxygen atoms in total. The lowest BCUT2D eigenvalue weighted by Gasteiger charge is -2.44. The fourth-order valence-electron chi connectivity index (χ4n) is 3.93. The van der Waals surface area contributed by atoms with Gasteiger partial charge in [0.15, 0.2) is 6.23 Å². The van der Waals surface area contributed by atoms with Gasteiger partial charge in [-0.25, -0.2) is 4.79 Å². The first-order valence-electron chi connectivity index (χ1n) is 8.33. The highest BCUT2D eigenvalue weighted by atomic mass is 16.6. The fourth-order valence-corrected chi connectivity index (χ4v) is 3.93. The average Bonchev–Trinajstić information content (AvgIpc) is 2.49. The van der Waals surface area contributed by atoms with Crippen molar-refractivity contribution in [3.63, 3.8) is 0 Å². The van der Waals surface area contributed by atoms with Crippen LogP contribution in [0, 0.1) is 0 Å². The van der Waals surface area contributed by atoms with Gasteiger partial charge in [0.05, 0.1) is 0 Å². The summed E-state index contributed by atoms with van der Waals surface area (Å²) in [4.78, 5) is 14.0. The Morgan fingerprint density at radius 3 is 1.90 bits per heavy atom. The predicted octanol–water partition coefficient (Wildman–Crippen LogP) is 4.03. The van der Waals surface area contributed by atoms with Gasteiger partial charge in [0, 0.05) is 18.2 Å². The molecule has 0 saturated heterocycles. The van der Waals surface area contributed by atoms with Crippen molar-refractivity contribution >= 4 is 5.97 Å². The van der Waals surface area contributed by atoms with Gasteiger partial charge in [0.1, 0.15) is 0 Å². The minimum Gasteiger partial charge on any atom is -0.443 e. The van der Waals surface area contributed by atoms with Crippen LogP contribution in [0.4, 0.5) is 0 Å². The molecule has 0 heterocycles. The van der Waals surface area contributed by atoms with Crippen molar-refractivity contribution in [3.05, 3.63) is 12.7 Å². The summed E-state index contributed by atoms with van der Waals surface area (Å²) < 4.78 is 5.54. The Morgan fingerprint density at radius 2 is 1.50 bits per heavy atom. The van der Waals surface area contributed by atoms with E-state index in [1.165, 1.54) is 70.3 Å². The molecule has 0 spiro atoms. The highest BCUT2D eigenvalue weighted by molar-refractivity contribution is 5.81. The zero-order chi connectivity index (χ0) is 14.4. The molecule has 1 atom stereocenters. The topological polar surface area (TPSA) is 29.5 Å². The zero-order valence-electron chi connectivity index (χ0n) is 12.9. The Labute approximate surface area is 123 Å². The summed E-state index contributed by atoms with van der Waals surface area (Å²) in [6, 6.07) is 1.19. The van der Waals surface area contributed by atoms with Gasteiger partial charge >= 0.3 is 5.97 Å². The van der Waals surface area contributed by atoms with Crippen LogP contribution >= 0.6 is 0 Å². The van der Waals surface area contributed by atoms with Crippen molar-refractivity contribution in [3.8, 4) is 0 Å². The number of hydrogen-bond acceptors (Lipinski definition) is 3. The van der Waals surface area contributed by atoms with Gasteiger partial charge in [-0.15, -0.1) is 0 Å². The highest BCUT2D eigenvalue weighted by Gasteiger charge is 2.33. The lowest BCUT2D eigenvalue weighted by molar-refractivity contribution is -0.158. The van der Waals surface area contributed by atoms with Gasteiger partial charge in [-0.2, -0.15) is 0 Å². The summed E-state index contributed by atoms with van der Waals surface area (Å²) in [5, 5.41) is 0. The molecule has 114 valence electrons. The number of rotatable bonds is 5. The van der Waals surface area contributed by atoms with Crippen molar-refractivity contribution in [2.75, 3.05) is 0 Å². The quantitative estimate of drug-likeness (QED) is 0.432. The third kappa shape index (κ3) is 4.08. The summed E-state index contributed by atoms with van der Waals surface area (Å²) in [5.74, 6) is -0.297. The molecule has 0 aromatic rings. The Balaban J connectivity index is 2.04. The van der Waals surface area contributed by atoms with Crippen LogP contribution in [0.1, 0.15) is 71.1 Å². The molecule has 0 amide bonds. The molecule has 3 heteroatoms. The Bertz CT molecular complexity index is 299. The molecule has 0 aromatic carbocycles. The van der Waals surface area contributed by atoms with Crippen LogP contribution < -0.4 is 0 Å². The second-order valence-electron chi connectivity index (χ2n) is 6.27. The smallest absolute Gasteiger partial charge is 0.331 e. The molecule has 0 bridgehead atoms. The Hall–Kier alpha value is -0.830. The number of ether oxygens (including phenoxy) is 1. The lowest BCUT2D eigenvalue weighted by Crippen LogP contribution is -2.51. The molecular formula is C17H29NO2. The molecular weight excluding hydrogens is 250 g/mol. The van der Waals surface area contributed by atoms with Gasteiger partial charge in [-0.3, -0.25) is 4.90 Å². The first kappa shape index (κ1) is 15.6. The molecule has 2 aliphatic carbocycles. The number of hydrogen-bond donors (Lipinski definition) is 0. The molecule has 2 saturated carbocycles. The van der Waals surface area contributed by atoms with Crippen molar-refractivity contribution in [2.45, 2.75) is 89.4 Å². The summed E-state index contributed by atoms with van der Waals surface area (Å²) in [6.45, 7) is 5.54. The van der Waals surface area contributed by atoms with Crippen LogP contribution in [0.15, 0.2) is 12.7 Å². The number of carbonyl (C=O) groups excluding carboxylic acids is 1. The standard InChI is InChI=1S/C17H29NO2/c1-3-17(19)20-14(2)18(15-10-6-4-7-11-15)16-12-8-5-9-13-16/h3,14-16H,1,4-13H2,2H3. The third-order valence-electron chi connectivity index (χ3n) is 4.87. The third-order valence-corrected chi connectivity index (χ3v) is 4.87. The van der Waals surface area contributed by atoms with E-state index in [-0.39, 0.29) is 12.2 Å². The van der Waals surface area contributed by atoms with E-state index in [1.54, 1.807) is 0 Å². The maximum atomic E-state index is 11.5. The SMILES string of the molecule is C=CC(=O)OC(C)N(C1CCCCC1)C1CCCCC1. The van der Waals surface area contributed by atoms with Crippen LogP contribution in [-0.2, 0) is 9.53 Å². The predicted molar refractivity (Wildman–Crippen MR) is 81.3 cm³/mol. The summed E-state index contributed by atoms with van der Waals surface area (Å²) in [5.41, 5.74) is 0. The molecule has 20 heavy (non-hydrogen) atoms. The molecule has 1 unspecified atom stereocenters. The molecule has 0 aliphatic heterocycles. The minimum atomic E-state index is -0.297. The van der Waals surface area contributed by atoms with Crippen LogP contribution in [0.3, 0.4) is 0 Å². The number of carbonyl (C=O) groups is 1. The van der Waals surface area contributed by atoms with Gasteiger partial charge in [-0.05, 0) is 32.6 Å². The molecule has 0 aromatic heterocycles. The number of esters is 1. The number of nitrogens with zero attached hydrogens (tertiary/aromatic N) is 1. The fraction of sp³-hybridized carbons (Fsp3) is 0.824. The maximum Gasteiger partial charge on any atom is 0.331 e. The highest BCUT2D eigenvalue weighted by Crippen LogP contribution is 2.32. The van der Waals surface area contributed by atoms with E-state index in [4.69, 9.17) is 4.74 Å². The molecule has 2 rings (SSSR count). The second kappa shape index (κ2) is 7.82.